The number of phenolic OH excluding ortho intramolecular Hbond substituents is 1. The van der Waals surface area contributed by atoms with E-state index in [-0.39, 0.29) is 11.3 Å². The SMILES string of the molecule is CC1CCN(C(=O)c2c(O)cccc2F)CC1C. The number of hydrogen-bond acceptors (Lipinski definition) is 2. The van der Waals surface area contributed by atoms with Crippen molar-refractivity contribution >= 4 is 5.91 Å². The Balaban J connectivity index is 2.22. The molecule has 0 spiro atoms. The number of halogens is 1. The fourth-order valence-corrected chi connectivity index (χ4v) is 2.33. The molecule has 1 aromatic rings. The molecule has 1 fully saturated rings. The molecule has 2 atom stereocenters. The van der Waals surface area contributed by atoms with Gasteiger partial charge in [-0.2, -0.15) is 0 Å². The second-order valence-corrected chi connectivity index (χ2v) is 5.13. The van der Waals surface area contributed by atoms with E-state index in [0.717, 1.165) is 6.42 Å². The van der Waals surface area contributed by atoms with E-state index >= 15 is 0 Å². The highest BCUT2D eigenvalue weighted by Crippen LogP contribution is 2.27. The summed E-state index contributed by atoms with van der Waals surface area (Å²) in [4.78, 5) is 13.8. The molecule has 2 rings (SSSR count). The van der Waals surface area contributed by atoms with Gasteiger partial charge in [-0.1, -0.05) is 19.9 Å². The largest absolute Gasteiger partial charge is 0.507 e. The van der Waals surface area contributed by atoms with Crippen LogP contribution in [0, 0.1) is 17.7 Å². The van der Waals surface area contributed by atoms with E-state index in [4.69, 9.17) is 0 Å². The standard InChI is InChI=1S/C14H18FNO2/c1-9-6-7-16(8-10(9)2)14(18)13-11(15)4-3-5-12(13)17/h3-5,9-10,17H,6-8H2,1-2H3. The maximum atomic E-state index is 13.6. The van der Waals surface area contributed by atoms with Gasteiger partial charge < -0.3 is 10.0 Å². The minimum absolute atomic E-state index is 0.209. The average Bonchev–Trinajstić information content (AvgIpc) is 2.32. The number of carbonyl (C=O) groups is 1. The van der Waals surface area contributed by atoms with Crippen molar-refractivity contribution in [2.45, 2.75) is 20.3 Å². The third-order valence-corrected chi connectivity index (χ3v) is 3.83. The van der Waals surface area contributed by atoms with Crippen LogP contribution in [0.25, 0.3) is 0 Å². The smallest absolute Gasteiger partial charge is 0.260 e. The van der Waals surface area contributed by atoms with Crippen LogP contribution in [0.15, 0.2) is 18.2 Å². The first-order valence-corrected chi connectivity index (χ1v) is 6.27. The van der Waals surface area contributed by atoms with Crippen molar-refractivity contribution in [3.05, 3.63) is 29.6 Å². The Hall–Kier alpha value is -1.58. The minimum Gasteiger partial charge on any atom is -0.507 e. The lowest BCUT2D eigenvalue weighted by Gasteiger charge is -2.35. The summed E-state index contributed by atoms with van der Waals surface area (Å²) >= 11 is 0. The van der Waals surface area contributed by atoms with Gasteiger partial charge in [0, 0.05) is 13.1 Å². The van der Waals surface area contributed by atoms with Crippen molar-refractivity contribution in [3.63, 3.8) is 0 Å². The van der Waals surface area contributed by atoms with Gasteiger partial charge in [0.1, 0.15) is 17.1 Å². The number of benzene rings is 1. The summed E-state index contributed by atoms with van der Waals surface area (Å²) in [5, 5.41) is 9.62. The van der Waals surface area contributed by atoms with Crippen LogP contribution in [0.2, 0.25) is 0 Å². The first-order valence-electron chi connectivity index (χ1n) is 6.27. The molecule has 0 aliphatic carbocycles. The van der Waals surface area contributed by atoms with Gasteiger partial charge in [0.2, 0.25) is 0 Å². The maximum Gasteiger partial charge on any atom is 0.260 e. The van der Waals surface area contributed by atoms with Crippen LogP contribution in [-0.2, 0) is 0 Å². The average molecular weight is 251 g/mol. The fraction of sp³-hybridized carbons (Fsp3) is 0.500. The zero-order chi connectivity index (χ0) is 13.3. The van der Waals surface area contributed by atoms with E-state index in [9.17, 15) is 14.3 Å². The Bertz CT molecular complexity index is 441. The number of hydrogen-bond donors (Lipinski definition) is 1. The van der Waals surface area contributed by atoms with Gasteiger partial charge in [0.25, 0.3) is 5.91 Å². The van der Waals surface area contributed by atoms with E-state index in [1.54, 1.807) is 4.90 Å². The van der Waals surface area contributed by atoms with Crippen molar-refractivity contribution in [3.8, 4) is 5.75 Å². The van der Waals surface area contributed by atoms with E-state index in [0.29, 0.717) is 24.9 Å². The molecule has 4 heteroatoms. The zero-order valence-electron chi connectivity index (χ0n) is 10.7. The maximum absolute atomic E-state index is 13.6. The molecular weight excluding hydrogens is 233 g/mol. The lowest BCUT2D eigenvalue weighted by Crippen LogP contribution is -2.42. The normalized spacial score (nSPS) is 24.1. The molecule has 18 heavy (non-hydrogen) atoms. The molecule has 3 nitrogen and oxygen atoms in total. The summed E-state index contributed by atoms with van der Waals surface area (Å²) in [6.07, 6.45) is 0.919. The number of piperidine rings is 1. The highest BCUT2D eigenvalue weighted by atomic mass is 19.1. The number of phenols is 1. The van der Waals surface area contributed by atoms with E-state index in [1.807, 2.05) is 0 Å². The molecular formula is C14H18FNO2. The third kappa shape index (κ3) is 2.33. The molecule has 1 amide bonds. The van der Waals surface area contributed by atoms with Crippen LogP contribution >= 0.6 is 0 Å². The molecule has 1 N–H and O–H groups in total. The van der Waals surface area contributed by atoms with Crippen molar-refractivity contribution in [1.29, 1.82) is 0 Å². The summed E-state index contributed by atoms with van der Waals surface area (Å²) in [5.74, 6) is -0.387. The number of rotatable bonds is 1. The third-order valence-electron chi connectivity index (χ3n) is 3.83. The quantitative estimate of drug-likeness (QED) is 0.833. The second-order valence-electron chi connectivity index (χ2n) is 5.13. The van der Waals surface area contributed by atoms with Gasteiger partial charge in [-0.15, -0.1) is 0 Å². The molecule has 1 aliphatic heterocycles. The van der Waals surface area contributed by atoms with Crippen LogP contribution in [0.5, 0.6) is 5.75 Å². The minimum atomic E-state index is -0.661. The zero-order valence-corrected chi connectivity index (χ0v) is 10.7. The first kappa shape index (κ1) is 12.9. The molecule has 0 radical (unpaired) electrons. The van der Waals surface area contributed by atoms with Crippen LogP contribution in [0.1, 0.15) is 30.6 Å². The predicted molar refractivity (Wildman–Crippen MR) is 66.9 cm³/mol. The monoisotopic (exact) mass is 251 g/mol. The van der Waals surface area contributed by atoms with Gasteiger partial charge in [-0.05, 0) is 30.4 Å². The Labute approximate surface area is 106 Å². The lowest BCUT2D eigenvalue weighted by molar-refractivity contribution is 0.0619. The van der Waals surface area contributed by atoms with Crippen LogP contribution < -0.4 is 0 Å². The van der Waals surface area contributed by atoms with Gasteiger partial charge in [0.05, 0.1) is 0 Å². The summed E-state index contributed by atoms with van der Waals surface area (Å²) in [5.41, 5.74) is -0.209. The van der Waals surface area contributed by atoms with Crippen molar-refractivity contribution in [2.75, 3.05) is 13.1 Å². The number of aromatic hydroxyl groups is 1. The molecule has 2 unspecified atom stereocenters. The topological polar surface area (TPSA) is 40.5 Å². The lowest BCUT2D eigenvalue weighted by atomic mass is 9.88. The molecule has 0 bridgehead atoms. The molecule has 1 aliphatic rings. The summed E-state index contributed by atoms with van der Waals surface area (Å²) in [6, 6.07) is 3.93. The fourth-order valence-electron chi connectivity index (χ4n) is 2.33. The summed E-state index contributed by atoms with van der Waals surface area (Å²) in [7, 11) is 0. The molecule has 1 saturated heterocycles. The molecule has 1 aromatic carbocycles. The Morgan fingerprint density at radius 3 is 2.72 bits per heavy atom. The summed E-state index contributed by atoms with van der Waals surface area (Å²) < 4.78 is 13.6. The number of likely N-dealkylation sites (tertiary alicyclic amines) is 1. The number of amides is 1. The van der Waals surface area contributed by atoms with Gasteiger partial charge in [-0.25, -0.2) is 4.39 Å². The number of carbonyl (C=O) groups excluding carboxylic acids is 1. The first-order chi connectivity index (χ1) is 8.50. The van der Waals surface area contributed by atoms with Gasteiger partial charge in [0.15, 0.2) is 0 Å². The van der Waals surface area contributed by atoms with Crippen LogP contribution in [-0.4, -0.2) is 29.0 Å². The van der Waals surface area contributed by atoms with Crippen LogP contribution in [0.3, 0.4) is 0 Å². The van der Waals surface area contributed by atoms with Crippen molar-refractivity contribution in [2.24, 2.45) is 11.8 Å². The van der Waals surface area contributed by atoms with Crippen LogP contribution in [0.4, 0.5) is 4.39 Å². The van der Waals surface area contributed by atoms with Gasteiger partial charge >= 0.3 is 0 Å². The Kier molecular flexibility index (Phi) is 3.55. The van der Waals surface area contributed by atoms with E-state index in [1.165, 1.54) is 18.2 Å². The molecule has 0 saturated carbocycles. The van der Waals surface area contributed by atoms with Crippen molar-refractivity contribution < 1.29 is 14.3 Å². The van der Waals surface area contributed by atoms with E-state index < -0.39 is 11.7 Å². The number of nitrogens with zero attached hydrogens (tertiary/aromatic N) is 1. The highest BCUT2D eigenvalue weighted by molar-refractivity contribution is 5.97. The van der Waals surface area contributed by atoms with Gasteiger partial charge in [-0.3, -0.25) is 4.79 Å². The second kappa shape index (κ2) is 4.96. The Morgan fingerprint density at radius 1 is 1.39 bits per heavy atom. The molecule has 98 valence electrons. The molecule has 1 heterocycles. The predicted octanol–water partition coefficient (Wildman–Crippen LogP) is 2.65. The Morgan fingerprint density at radius 2 is 2.11 bits per heavy atom. The van der Waals surface area contributed by atoms with E-state index in [2.05, 4.69) is 13.8 Å². The summed E-state index contributed by atoms with van der Waals surface area (Å²) in [6.45, 7) is 5.49. The highest BCUT2D eigenvalue weighted by Gasteiger charge is 2.29. The van der Waals surface area contributed by atoms with Crippen molar-refractivity contribution in [1.82, 2.24) is 4.90 Å². The molecule has 0 aromatic heterocycles.